The molecule has 0 aromatic carbocycles. The number of carbonyl (C=O) groups excluding carboxylic acids is 1. The number of carbonyl (C=O) groups is 1. The van der Waals surface area contributed by atoms with Crippen LogP contribution in [0.1, 0.15) is 55.4 Å². The van der Waals surface area contributed by atoms with Gasteiger partial charge in [-0.15, -0.1) is 4.79 Å². The van der Waals surface area contributed by atoms with Gasteiger partial charge in [-0.1, -0.05) is 48.5 Å². The molecular weight excluding hydrogens is 364 g/mol. The Morgan fingerprint density at radius 3 is 1.68 bits per heavy atom. The summed E-state index contributed by atoms with van der Waals surface area (Å²) >= 11 is 0. The van der Waals surface area contributed by atoms with Crippen LogP contribution < -0.4 is 0 Å². The Kier molecular flexibility index (Phi) is 4.81. The van der Waals surface area contributed by atoms with Crippen molar-refractivity contribution in [1.29, 1.82) is 0 Å². The van der Waals surface area contributed by atoms with E-state index < -0.39 is 51.0 Å². The molecule has 25 heavy (non-hydrogen) atoms. The SMILES string of the molecule is CC1C(=O)C(C)(C)C(C)(C)C(C)(C)C1(C)S(=O)(=O)C(=[N+]=[N-])S(C)(=O)=O. The average molecular weight is 393 g/mol. The highest BCUT2D eigenvalue weighted by Gasteiger charge is 2.73. The molecule has 0 aliphatic heterocycles. The van der Waals surface area contributed by atoms with E-state index in [2.05, 4.69) is 4.79 Å². The molecule has 0 saturated heterocycles. The van der Waals surface area contributed by atoms with Crippen LogP contribution in [-0.4, -0.2) is 42.8 Å². The van der Waals surface area contributed by atoms with Crippen molar-refractivity contribution in [3.05, 3.63) is 5.53 Å². The molecule has 2 atom stereocenters. The van der Waals surface area contributed by atoms with Gasteiger partial charge in [0.1, 0.15) is 5.78 Å². The van der Waals surface area contributed by atoms with Crippen molar-refractivity contribution in [3.8, 4) is 0 Å². The summed E-state index contributed by atoms with van der Waals surface area (Å²) in [5.74, 6) is -1.26. The maximum absolute atomic E-state index is 13.3. The van der Waals surface area contributed by atoms with Crippen LogP contribution in [0.15, 0.2) is 0 Å². The third-order valence-electron chi connectivity index (χ3n) is 7.39. The van der Waals surface area contributed by atoms with Crippen molar-refractivity contribution in [2.75, 3.05) is 6.26 Å². The zero-order valence-electron chi connectivity index (χ0n) is 16.3. The summed E-state index contributed by atoms with van der Waals surface area (Å²) in [4.78, 5) is 15.6. The Morgan fingerprint density at radius 1 is 0.960 bits per heavy atom. The van der Waals surface area contributed by atoms with E-state index in [-0.39, 0.29) is 5.78 Å². The molecule has 0 radical (unpaired) electrons. The van der Waals surface area contributed by atoms with E-state index in [0.29, 0.717) is 6.26 Å². The molecule has 7 nitrogen and oxygen atoms in total. The Labute approximate surface area is 150 Å². The fourth-order valence-electron chi connectivity index (χ4n) is 4.12. The van der Waals surface area contributed by atoms with Crippen molar-refractivity contribution < 1.29 is 26.4 Å². The van der Waals surface area contributed by atoms with Gasteiger partial charge in [-0.05, 0) is 17.8 Å². The van der Waals surface area contributed by atoms with Crippen LogP contribution in [0.3, 0.4) is 0 Å². The lowest BCUT2D eigenvalue weighted by molar-refractivity contribution is -0.162. The summed E-state index contributed by atoms with van der Waals surface area (Å²) in [7, 11) is -8.97. The molecule has 0 N–H and O–H groups in total. The van der Waals surface area contributed by atoms with Gasteiger partial charge < -0.3 is 5.53 Å². The molecule has 0 aromatic rings. The number of ketones is 1. The van der Waals surface area contributed by atoms with Gasteiger partial charge in [-0.25, -0.2) is 16.8 Å². The van der Waals surface area contributed by atoms with Gasteiger partial charge in [-0.3, -0.25) is 4.79 Å². The Morgan fingerprint density at radius 2 is 1.36 bits per heavy atom. The molecule has 0 spiro atoms. The average Bonchev–Trinajstić information content (AvgIpc) is 2.41. The molecule has 0 bridgehead atoms. The second-order valence-electron chi connectivity index (χ2n) is 8.71. The summed E-state index contributed by atoms with van der Waals surface area (Å²) in [5.41, 5.74) is 6.51. The van der Waals surface area contributed by atoms with Gasteiger partial charge in [0.15, 0.2) is 0 Å². The maximum atomic E-state index is 13.3. The third kappa shape index (κ3) is 2.39. The van der Waals surface area contributed by atoms with Crippen molar-refractivity contribution in [2.45, 2.75) is 60.1 Å². The second-order valence-corrected chi connectivity index (χ2v) is 13.1. The highest BCUT2D eigenvalue weighted by Crippen LogP contribution is 2.65. The Bertz CT molecular complexity index is 875. The first kappa shape index (κ1) is 22.0. The minimum atomic E-state index is -4.65. The van der Waals surface area contributed by atoms with Crippen LogP contribution in [0, 0.1) is 22.2 Å². The number of sulfone groups is 2. The highest BCUT2D eigenvalue weighted by atomic mass is 32.3. The molecule has 0 aromatic heterocycles. The first-order valence-electron chi connectivity index (χ1n) is 7.97. The summed E-state index contributed by atoms with van der Waals surface area (Å²) in [5, 5.41) is 0. The van der Waals surface area contributed by atoms with Crippen molar-refractivity contribution in [1.82, 2.24) is 0 Å². The smallest absolute Gasteiger partial charge is 0.359 e. The van der Waals surface area contributed by atoms with Crippen LogP contribution >= 0.6 is 0 Å². The zero-order chi connectivity index (χ0) is 20.4. The molecule has 1 fully saturated rings. The van der Waals surface area contributed by atoms with E-state index in [0.717, 1.165) is 0 Å². The molecular formula is C16H28N2O5S2. The molecule has 0 heterocycles. The van der Waals surface area contributed by atoms with E-state index in [1.807, 2.05) is 0 Å². The van der Waals surface area contributed by atoms with Gasteiger partial charge in [-0.2, -0.15) is 0 Å². The lowest BCUT2D eigenvalue weighted by Crippen LogP contribution is -2.71. The monoisotopic (exact) mass is 392 g/mol. The number of hydrogen-bond donors (Lipinski definition) is 0. The Hall–Kier alpha value is -1.05. The van der Waals surface area contributed by atoms with Crippen LogP contribution in [0.25, 0.3) is 5.53 Å². The van der Waals surface area contributed by atoms with Gasteiger partial charge in [0.25, 0.3) is 19.7 Å². The van der Waals surface area contributed by atoms with E-state index in [1.54, 1.807) is 41.5 Å². The number of rotatable bonds is 1. The molecule has 1 aliphatic carbocycles. The van der Waals surface area contributed by atoms with Crippen LogP contribution in [0.5, 0.6) is 0 Å². The lowest BCUT2D eigenvalue weighted by Gasteiger charge is -2.64. The molecule has 2 unspecified atom stereocenters. The number of hydrogen-bond acceptors (Lipinski definition) is 5. The molecule has 1 aliphatic rings. The van der Waals surface area contributed by atoms with E-state index >= 15 is 0 Å². The van der Waals surface area contributed by atoms with E-state index in [9.17, 15) is 21.6 Å². The predicted octanol–water partition coefficient (Wildman–Crippen LogP) is 2.09. The minimum absolute atomic E-state index is 0.270. The second kappa shape index (κ2) is 5.47. The van der Waals surface area contributed by atoms with Crippen LogP contribution in [0.2, 0.25) is 0 Å². The number of Topliss-reactive ketones (excluding diaryl/α,β-unsaturated/α-hetero) is 1. The summed E-state index contributed by atoms with van der Waals surface area (Å²) in [6.07, 6.45) is 0.667. The Balaban J connectivity index is 4.02. The summed E-state index contributed by atoms with van der Waals surface area (Å²) in [6.45, 7) is 13.5. The molecule has 144 valence electrons. The standard InChI is InChI=1S/C16H28N2O5S2/c1-10-11(19)13(2,3)14(4,5)15(6,7)16(10,8)25(22,23)12(18-17)24(9,20)21/h10H,1-9H3. The van der Waals surface area contributed by atoms with Gasteiger partial charge >= 0.3 is 4.38 Å². The fourth-order valence-corrected chi connectivity index (χ4v) is 8.35. The van der Waals surface area contributed by atoms with Gasteiger partial charge in [0.2, 0.25) is 0 Å². The topological polar surface area (TPSA) is 122 Å². The molecule has 1 saturated carbocycles. The lowest BCUT2D eigenvalue weighted by atomic mass is 9.43. The highest BCUT2D eigenvalue weighted by molar-refractivity contribution is 8.31. The van der Waals surface area contributed by atoms with Crippen LogP contribution in [0.4, 0.5) is 0 Å². The summed E-state index contributed by atoms with van der Waals surface area (Å²) < 4.78 is 47.4. The minimum Gasteiger partial charge on any atom is -0.359 e. The normalized spacial score (nSPS) is 31.2. The first-order chi connectivity index (χ1) is 10.8. The first-order valence-corrected chi connectivity index (χ1v) is 11.3. The zero-order valence-corrected chi connectivity index (χ0v) is 18.0. The molecule has 0 amide bonds. The quantitative estimate of drug-likeness (QED) is 0.293. The van der Waals surface area contributed by atoms with Crippen molar-refractivity contribution >= 4 is 29.8 Å². The van der Waals surface area contributed by atoms with Crippen LogP contribution in [-0.2, 0) is 24.5 Å². The fraction of sp³-hybridized carbons (Fsp3) is 0.875. The predicted molar refractivity (Wildman–Crippen MR) is 96.3 cm³/mol. The largest absolute Gasteiger partial charge is 0.495 e. The summed E-state index contributed by atoms with van der Waals surface area (Å²) in [6, 6.07) is 0. The molecule has 1 rings (SSSR count). The van der Waals surface area contributed by atoms with Gasteiger partial charge in [0.05, 0.1) is 11.0 Å². The van der Waals surface area contributed by atoms with E-state index in [4.69, 9.17) is 5.53 Å². The molecule has 9 heteroatoms. The van der Waals surface area contributed by atoms with E-state index in [1.165, 1.54) is 13.8 Å². The maximum Gasteiger partial charge on any atom is 0.495 e. The van der Waals surface area contributed by atoms with Crippen molar-refractivity contribution in [3.63, 3.8) is 0 Å². The van der Waals surface area contributed by atoms with Crippen molar-refractivity contribution in [2.24, 2.45) is 22.2 Å². The number of nitrogens with zero attached hydrogens (tertiary/aromatic N) is 2. The van der Waals surface area contributed by atoms with Gasteiger partial charge in [0, 0.05) is 11.3 Å². The third-order valence-corrected chi connectivity index (χ3v) is 12.2.